The molecule has 6 nitrogen and oxygen atoms in total. The van der Waals surface area contributed by atoms with Crippen molar-refractivity contribution in [1.29, 1.82) is 0 Å². The number of pyridine rings is 1. The van der Waals surface area contributed by atoms with Crippen LogP contribution in [-0.4, -0.2) is 20.4 Å². The van der Waals surface area contributed by atoms with Crippen molar-refractivity contribution in [3.05, 3.63) is 60.9 Å². The van der Waals surface area contributed by atoms with E-state index in [1.807, 2.05) is 41.2 Å². The summed E-state index contributed by atoms with van der Waals surface area (Å²) in [5.41, 5.74) is 3.96. The predicted molar refractivity (Wildman–Crippen MR) is 89.5 cm³/mol. The molecule has 1 aliphatic rings. The van der Waals surface area contributed by atoms with Crippen LogP contribution in [0.4, 0.5) is 5.69 Å². The van der Waals surface area contributed by atoms with Crippen LogP contribution in [0.25, 0.3) is 11.1 Å². The van der Waals surface area contributed by atoms with Gasteiger partial charge < -0.3 is 14.6 Å². The minimum Gasteiger partial charge on any atom is -0.488 e. The lowest BCUT2D eigenvalue weighted by molar-refractivity contribution is -0.116. The Labute approximate surface area is 139 Å². The summed E-state index contributed by atoms with van der Waals surface area (Å²) >= 11 is 0. The van der Waals surface area contributed by atoms with Gasteiger partial charge in [0.2, 0.25) is 5.91 Å². The number of carbonyl (C=O) groups excluding carboxylic acids is 1. The molecular weight excluding hydrogens is 304 g/mol. The second kappa shape index (κ2) is 6.16. The molecule has 0 spiro atoms. The fraction of sp³-hybridized carbons (Fsp3) is 0.167. The van der Waals surface area contributed by atoms with Crippen molar-refractivity contribution < 1.29 is 9.53 Å². The Morgan fingerprint density at radius 2 is 2.17 bits per heavy atom. The molecule has 0 bridgehead atoms. The van der Waals surface area contributed by atoms with Gasteiger partial charge in [-0.25, -0.2) is 4.98 Å². The summed E-state index contributed by atoms with van der Waals surface area (Å²) < 4.78 is 7.66. The van der Waals surface area contributed by atoms with Crippen molar-refractivity contribution in [2.75, 3.05) is 5.32 Å². The second-order valence-electron chi connectivity index (χ2n) is 5.63. The Balaban J connectivity index is 1.47. The first-order chi connectivity index (χ1) is 11.8. The van der Waals surface area contributed by atoms with Crippen LogP contribution in [0, 0.1) is 0 Å². The van der Waals surface area contributed by atoms with Crippen molar-refractivity contribution >= 4 is 11.6 Å². The zero-order chi connectivity index (χ0) is 16.4. The number of rotatable bonds is 4. The van der Waals surface area contributed by atoms with Crippen molar-refractivity contribution in [3.8, 4) is 16.9 Å². The van der Waals surface area contributed by atoms with Gasteiger partial charge >= 0.3 is 0 Å². The molecule has 120 valence electrons. The monoisotopic (exact) mass is 320 g/mol. The first kappa shape index (κ1) is 14.4. The predicted octanol–water partition coefficient (Wildman–Crippen LogP) is 2.87. The zero-order valence-corrected chi connectivity index (χ0v) is 13.0. The normalized spacial score (nSPS) is 12.0. The third-order valence-electron chi connectivity index (χ3n) is 4.00. The topological polar surface area (TPSA) is 69.0 Å². The lowest BCUT2D eigenvalue weighted by atomic mass is 9.98. The van der Waals surface area contributed by atoms with Crippen LogP contribution in [-0.2, 0) is 17.9 Å². The maximum absolute atomic E-state index is 12.1. The number of nitrogens with one attached hydrogen (secondary N) is 1. The van der Waals surface area contributed by atoms with Crippen LogP contribution in [0.5, 0.6) is 5.75 Å². The van der Waals surface area contributed by atoms with E-state index in [1.165, 1.54) is 0 Å². The van der Waals surface area contributed by atoms with E-state index >= 15 is 0 Å². The summed E-state index contributed by atoms with van der Waals surface area (Å²) in [5.74, 6) is 0.741. The highest BCUT2D eigenvalue weighted by atomic mass is 16.5. The van der Waals surface area contributed by atoms with Crippen LogP contribution in [0.15, 0.2) is 55.4 Å². The molecule has 3 heterocycles. The molecule has 1 aromatic carbocycles. The number of fused-ring (bicyclic) bond motifs is 3. The van der Waals surface area contributed by atoms with Gasteiger partial charge in [0.15, 0.2) is 0 Å². The Morgan fingerprint density at radius 3 is 3.04 bits per heavy atom. The number of hydrogen-bond acceptors (Lipinski definition) is 4. The van der Waals surface area contributed by atoms with E-state index in [2.05, 4.69) is 15.3 Å². The van der Waals surface area contributed by atoms with Crippen LogP contribution >= 0.6 is 0 Å². The second-order valence-corrected chi connectivity index (χ2v) is 5.63. The molecule has 0 fully saturated rings. The molecule has 1 amide bonds. The van der Waals surface area contributed by atoms with E-state index in [-0.39, 0.29) is 5.91 Å². The van der Waals surface area contributed by atoms with Crippen LogP contribution < -0.4 is 10.1 Å². The summed E-state index contributed by atoms with van der Waals surface area (Å²) in [6.07, 6.45) is 9.23. The van der Waals surface area contributed by atoms with E-state index in [1.54, 1.807) is 18.7 Å². The van der Waals surface area contributed by atoms with Gasteiger partial charge in [-0.1, -0.05) is 0 Å². The van der Waals surface area contributed by atoms with Crippen molar-refractivity contribution in [2.45, 2.75) is 19.6 Å². The minimum atomic E-state index is -0.0379. The highest BCUT2D eigenvalue weighted by molar-refractivity contribution is 5.91. The van der Waals surface area contributed by atoms with Gasteiger partial charge in [0.1, 0.15) is 12.4 Å². The lowest BCUT2D eigenvalue weighted by Gasteiger charge is -2.21. The quantitative estimate of drug-likeness (QED) is 0.802. The molecule has 0 radical (unpaired) electrons. The summed E-state index contributed by atoms with van der Waals surface area (Å²) in [4.78, 5) is 20.2. The maximum Gasteiger partial charge on any atom is 0.226 e. The molecule has 0 aliphatic carbocycles. The minimum absolute atomic E-state index is 0.0379. The Hall–Kier alpha value is -3.15. The van der Waals surface area contributed by atoms with E-state index in [4.69, 9.17) is 4.74 Å². The maximum atomic E-state index is 12.1. The van der Waals surface area contributed by atoms with Crippen LogP contribution in [0.3, 0.4) is 0 Å². The van der Waals surface area contributed by atoms with E-state index in [9.17, 15) is 4.79 Å². The van der Waals surface area contributed by atoms with Gasteiger partial charge in [-0.05, 0) is 23.8 Å². The number of amides is 1. The number of nitrogens with zero attached hydrogens (tertiary/aromatic N) is 3. The molecular formula is C18H16N4O2. The molecule has 2 aromatic heterocycles. The standard InChI is InChI=1S/C18H16N4O2/c23-18(4-7-22-8-6-20-12-22)21-14-1-2-16-15-3-5-19-10-13(15)11-24-17(16)9-14/h1-3,5-6,8-10,12H,4,7,11H2,(H,21,23). The number of carbonyl (C=O) groups is 1. The Morgan fingerprint density at radius 1 is 1.21 bits per heavy atom. The van der Waals surface area contributed by atoms with E-state index in [0.29, 0.717) is 19.6 Å². The number of aromatic nitrogens is 3. The highest BCUT2D eigenvalue weighted by Gasteiger charge is 2.17. The molecule has 0 atom stereocenters. The molecule has 6 heteroatoms. The van der Waals surface area contributed by atoms with Gasteiger partial charge in [0.25, 0.3) is 0 Å². The highest BCUT2D eigenvalue weighted by Crippen LogP contribution is 2.38. The number of anilines is 1. The SMILES string of the molecule is O=C(CCn1ccnc1)Nc1ccc2c(c1)OCc1cnccc1-2. The Kier molecular flexibility index (Phi) is 3.70. The van der Waals surface area contributed by atoms with Crippen LogP contribution in [0.2, 0.25) is 0 Å². The van der Waals surface area contributed by atoms with Crippen molar-refractivity contribution in [2.24, 2.45) is 0 Å². The first-order valence-corrected chi connectivity index (χ1v) is 7.75. The third kappa shape index (κ3) is 2.86. The molecule has 4 rings (SSSR count). The summed E-state index contributed by atoms with van der Waals surface area (Å²) in [7, 11) is 0. The lowest BCUT2D eigenvalue weighted by Crippen LogP contribution is -2.14. The first-order valence-electron chi connectivity index (χ1n) is 7.75. The molecule has 1 aliphatic heterocycles. The van der Waals surface area contributed by atoms with Crippen LogP contribution in [0.1, 0.15) is 12.0 Å². The van der Waals surface area contributed by atoms with Crippen molar-refractivity contribution in [1.82, 2.24) is 14.5 Å². The molecule has 1 N–H and O–H groups in total. The fourth-order valence-corrected chi connectivity index (χ4v) is 2.78. The van der Waals surface area contributed by atoms with Crippen molar-refractivity contribution in [3.63, 3.8) is 0 Å². The molecule has 24 heavy (non-hydrogen) atoms. The number of imidazole rings is 1. The Bertz CT molecular complexity index is 874. The number of aryl methyl sites for hydroxylation is 1. The smallest absolute Gasteiger partial charge is 0.226 e. The fourth-order valence-electron chi connectivity index (χ4n) is 2.78. The number of ether oxygens (including phenoxy) is 1. The van der Waals surface area contributed by atoms with Gasteiger partial charge in [0.05, 0.1) is 6.33 Å². The summed E-state index contributed by atoms with van der Waals surface area (Å²) in [6, 6.07) is 7.72. The average Bonchev–Trinajstić information content (AvgIpc) is 3.13. The third-order valence-corrected chi connectivity index (χ3v) is 4.00. The summed E-state index contributed by atoms with van der Waals surface area (Å²) in [6.45, 7) is 1.10. The molecule has 3 aromatic rings. The van der Waals surface area contributed by atoms with E-state index < -0.39 is 0 Å². The number of hydrogen-bond donors (Lipinski definition) is 1. The van der Waals surface area contributed by atoms with Gasteiger partial charge in [-0.15, -0.1) is 0 Å². The average molecular weight is 320 g/mol. The zero-order valence-electron chi connectivity index (χ0n) is 13.0. The molecule has 0 saturated heterocycles. The molecule has 0 unspecified atom stereocenters. The largest absolute Gasteiger partial charge is 0.488 e. The van der Waals surface area contributed by atoms with Gasteiger partial charge in [-0.3, -0.25) is 9.78 Å². The van der Waals surface area contributed by atoms with E-state index in [0.717, 1.165) is 28.1 Å². The van der Waals surface area contributed by atoms with Gasteiger partial charge in [0, 0.05) is 60.6 Å². The summed E-state index contributed by atoms with van der Waals surface area (Å²) in [5, 5.41) is 2.91. The molecule has 0 saturated carbocycles. The van der Waals surface area contributed by atoms with Gasteiger partial charge in [-0.2, -0.15) is 0 Å². The number of benzene rings is 1.